The molecule has 1 fully saturated rings. The smallest absolute Gasteiger partial charge is 0.328 e. The number of barbiturate groups is 1. The highest BCUT2D eigenvalue weighted by molar-refractivity contribution is 6.33. The average Bonchev–Trinajstić information content (AvgIpc) is 2.59. The Hall–Kier alpha value is -2.54. The first-order chi connectivity index (χ1) is 12.5. The number of imide groups is 2. The molecule has 1 aromatic carbocycles. The van der Waals surface area contributed by atoms with E-state index in [1.54, 1.807) is 12.1 Å². The van der Waals surface area contributed by atoms with E-state index in [4.69, 9.17) is 21.1 Å². The second kappa shape index (κ2) is 9.24. The van der Waals surface area contributed by atoms with E-state index in [1.165, 1.54) is 13.2 Å². The van der Waals surface area contributed by atoms with Gasteiger partial charge in [0.2, 0.25) is 0 Å². The fraction of sp³-hybridized carbons (Fsp3) is 0.389. The molecule has 0 aliphatic carbocycles. The van der Waals surface area contributed by atoms with E-state index in [0.29, 0.717) is 28.7 Å². The molecule has 4 amide bonds. The van der Waals surface area contributed by atoms with Gasteiger partial charge in [0.1, 0.15) is 5.57 Å². The summed E-state index contributed by atoms with van der Waals surface area (Å²) in [5.74, 6) is -0.733. The normalized spacial score (nSPS) is 14.0. The van der Waals surface area contributed by atoms with Crippen LogP contribution in [-0.4, -0.2) is 31.6 Å². The van der Waals surface area contributed by atoms with Gasteiger partial charge in [-0.25, -0.2) is 4.79 Å². The molecule has 1 aliphatic rings. The number of benzene rings is 1. The number of unbranched alkanes of at least 4 members (excludes halogenated alkanes) is 3. The van der Waals surface area contributed by atoms with E-state index in [1.807, 2.05) is 10.6 Å². The molecule has 7 nitrogen and oxygen atoms in total. The molecule has 0 atom stereocenters. The lowest BCUT2D eigenvalue weighted by molar-refractivity contribution is -0.123. The third-order valence-electron chi connectivity index (χ3n) is 3.75. The summed E-state index contributed by atoms with van der Waals surface area (Å²) in [6.07, 6.45) is 5.60. The van der Waals surface area contributed by atoms with E-state index in [-0.39, 0.29) is 5.57 Å². The third-order valence-corrected chi connectivity index (χ3v) is 4.03. The summed E-state index contributed by atoms with van der Waals surface area (Å²) >= 11 is 6.28. The minimum atomic E-state index is -0.848. The van der Waals surface area contributed by atoms with Crippen LogP contribution >= 0.6 is 11.6 Å². The molecule has 26 heavy (non-hydrogen) atoms. The van der Waals surface area contributed by atoms with Crippen LogP contribution in [0.3, 0.4) is 0 Å². The van der Waals surface area contributed by atoms with Crippen LogP contribution in [0.1, 0.15) is 38.2 Å². The van der Waals surface area contributed by atoms with Crippen molar-refractivity contribution in [1.29, 1.82) is 0 Å². The van der Waals surface area contributed by atoms with Gasteiger partial charge in [-0.05, 0) is 30.2 Å². The summed E-state index contributed by atoms with van der Waals surface area (Å²) in [7, 11) is 1.48. The fourth-order valence-corrected chi connectivity index (χ4v) is 2.71. The number of amides is 4. The Morgan fingerprint density at radius 3 is 2.38 bits per heavy atom. The molecular formula is C18H21ClN2O5. The Morgan fingerprint density at radius 2 is 1.77 bits per heavy atom. The third kappa shape index (κ3) is 4.98. The number of hydrogen-bond acceptors (Lipinski definition) is 5. The topological polar surface area (TPSA) is 93.7 Å². The Labute approximate surface area is 156 Å². The molecule has 1 heterocycles. The van der Waals surface area contributed by atoms with Gasteiger partial charge in [0, 0.05) is 0 Å². The maximum Gasteiger partial charge on any atom is 0.328 e. The van der Waals surface area contributed by atoms with Crippen molar-refractivity contribution >= 4 is 35.5 Å². The molecule has 2 rings (SSSR count). The molecule has 8 heteroatoms. The van der Waals surface area contributed by atoms with E-state index in [9.17, 15) is 14.4 Å². The van der Waals surface area contributed by atoms with E-state index >= 15 is 0 Å². The fourth-order valence-electron chi connectivity index (χ4n) is 2.44. The van der Waals surface area contributed by atoms with Gasteiger partial charge in [0.25, 0.3) is 11.8 Å². The largest absolute Gasteiger partial charge is 0.493 e. The van der Waals surface area contributed by atoms with Crippen molar-refractivity contribution in [2.75, 3.05) is 13.7 Å². The molecular weight excluding hydrogens is 360 g/mol. The molecule has 0 saturated carbocycles. The molecule has 1 saturated heterocycles. The lowest BCUT2D eigenvalue weighted by atomic mass is 10.1. The summed E-state index contributed by atoms with van der Waals surface area (Å²) in [6.45, 7) is 2.65. The van der Waals surface area contributed by atoms with E-state index in [0.717, 1.165) is 25.7 Å². The van der Waals surface area contributed by atoms with Gasteiger partial charge < -0.3 is 9.47 Å². The van der Waals surface area contributed by atoms with Crippen LogP contribution in [-0.2, 0) is 9.59 Å². The van der Waals surface area contributed by atoms with Crippen molar-refractivity contribution < 1.29 is 23.9 Å². The molecule has 0 radical (unpaired) electrons. The summed E-state index contributed by atoms with van der Waals surface area (Å²) < 4.78 is 11.0. The quantitative estimate of drug-likeness (QED) is 0.410. The number of halogens is 1. The number of nitrogens with one attached hydrogen (secondary N) is 2. The molecule has 2 N–H and O–H groups in total. The Balaban J connectivity index is 2.20. The van der Waals surface area contributed by atoms with E-state index < -0.39 is 17.8 Å². The molecule has 1 aromatic rings. The summed E-state index contributed by atoms with van der Waals surface area (Å²) in [4.78, 5) is 34.7. The van der Waals surface area contributed by atoms with Crippen molar-refractivity contribution in [2.24, 2.45) is 0 Å². The summed E-state index contributed by atoms with van der Waals surface area (Å²) in [5, 5.41) is 4.33. The van der Waals surface area contributed by atoms with Gasteiger partial charge in [-0.15, -0.1) is 0 Å². The van der Waals surface area contributed by atoms with Crippen molar-refractivity contribution in [3.05, 3.63) is 28.3 Å². The first kappa shape index (κ1) is 19.8. The zero-order chi connectivity index (χ0) is 19.1. The Morgan fingerprint density at radius 1 is 1.08 bits per heavy atom. The number of carbonyl (C=O) groups excluding carboxylic acids is 3. The highest BCUT2D eigenvalue weighted by Crippen LogP contribution is 2.37. The molecule has 0 bridgehead atoms. The monoisotopic (exact) mass is 380 g/mol. The second-order valence-electron chi connectivity index (χ2n) is 5.74. The zero-order valence-corrected chi connectivity index (χ0v) is 15.4. The van der Waals surface area contributed by atoms with Gasteiger partial charge in [-0.1, -0.05) is 37.8 Å². The Kier molecular flexibility index (Phi) is 7.03. The average molecular weight is 381 g/mol. The molecule has 0 unspecified atom stereocenters. The maximum absolute atomic E-state index is 11.8. The predicted octanol–water partition coefficient (Wildman–Crippen LogP) is 3.06. The van der Waals surface area contributed by atoms with E-state index in [2.05, 4.69) is 6.92 Å². The first-order valence-corrected chi connectivity index (χ1v) is 8.72. The molecule has 0 aromatic heterocycles. The molecule has 0 spiro atoms. The van der Waals surface area contributed by atoms with Crippen molar-refractivity contribution in [3.63, 3.8) is 0 Å². The first-order valence-electron chi connectivity index (χ1n) is 8.35. The van der Waals surface area contributed by atoms with Crippen LogP contribution in [0, 0.1) is 0 Å². The van der Waals surface area contributed by atoms with Gasteiger partial charge in [-0.3, -0.25) is 20.2 Å². The number of rotatable bonds is 8. The van der Waals surface area contributed by atoms with Gasteiger partial charge >= 0.3 is 6.03 Å². The van der Waals surface area contributed by atoms with Gasteiger partial charge in [0.05, 0.1) is 18.7 Å². The van der Waals surface area contributed by atoms with Crippen LogP contribution in [0.5, 0.6) is 11.5 Å². The maximum atomic E-state index is 11.8. The van der Waals surface area contributed by atoms with Crippen molar-refractivity contribution in [3.8, 4) is 11.5 Å². The van der Waals surface area contributed by atoms with Crippen LogP contribution in [0.4, 0.5) is 4.79 Å². The number of carbonyl (C=O) groups is 3. The van der Waals surface area contributed by atoms with Gasteiger partial charge in [-0.2, -0.15) is 0 Å². The lowest BCUT2D eigenvalue weighted by Crippen LogP contribution is -2.51. The van der Waals surface area contributed by atoms with Crippen LogP contribution in [0.2, 0.25) is 5.02 Å². The SMILES string of the molecule is CCCCCCOc1c(Cl)cc(C=C2C(=O)NC(=O)NC2=O)cc1OC. The summed E-state index contributed by atoms with van der Waals surface area (Å²) in [6, 6.07) is 2.33. The number of methoxy groups -OCH3 is 1. The standard InChI is InChI=1S/C18H21ClN2O5/c1-3-4-5-6-7-26-15-13(19)9-11(10-14(15)25-2)8-12-16(22)20-18(24)21-17(12)23/h8-10H,3-7H2,1-2H3,(H2,20,21,22,23,24). The molecule has 1 aliphatic heterocycles. The Bertz CT molecular complexity index is 723. The summed E-state index contributed by atoms with van der Waals surface area (Å²) in [5.41, 5.74) is 0.274. The molecule has 140 valence electrons. The predicted molar refractivity (Wildman–Crippen MR) is 97.3 cm³/mol. The highest BCUT2D eigenvalue weighted by Gasteiger charge is 2.27. The van der Waals surface area contributed by atoms with Crippen LogP contribution in [0.15, 0.2) is 17.7 Å². The van der Waals surface area contributed by atoms with Crippen LogP contribution < -0.4 is 20.1 Å². The minimum Gasteiger partial charge on any atom is -0.493 e. The van der Waals surface area contributed by atoms with Crippen molar-refractivity contribution in [1.82, 2.24) is 10.6 Å². The lowest BCUT2D eigenvalue weighted by Gasteiger charge is -2.15. The van der Waals surface area contributed by atoms with Gasteiger partial charge in [0.15, 0.2) is 11.5 Å². The minimum absolute atomic E-state index is 0.198. The van der Waals surface area contributed by atoms with Crippen LogP contribution in [0.25, 0.3) is 6.08 Å². The number of ether oxygens (including phenoxy) is 2. The number of hydrogen-bond donors (Lipinski definition) is 2. The second-order valence-corrected chi connectivity index (χ2v) is 6.15. The van der Waals surface area contributed by atoms with Crippen molar-refractivity contribution in [2.45, 2.75) is 32.6 Å². The number of urea groups is 1. The highest BCUT2D eigenvalue weighted by atomic mass is 35.5. The zero-order valence-electron chi connectivity index (χ0n) is 14.7.